The zero-order valence-electron chi connectivity index (χ0n) is 17.7. The fourth-order valence-corrected chi connectivity index (χ4v) is 3.16. The molecule has 28 heavy (non-hydrogen) atoms. The van der Waals surface area contributed by atoms with E-state index in [9.17, 15) is 4.79 Å². The minimum atomic E-state index is 0. The van der Waals surface area contributed by atoms with Crippen molar-refractivity contribution in [2.75, 3.05) is 40.3 Å². The zero-order chi connectivity index (χ0) is 19.7. The summed E-state index contributed by atoms with van der Waals surface area (Å²) in [6.07, 6.45) is 3.87. The first-order valence-electron chi connectivity index (χ1n) is 9.90. The highest BCUT2D eigenvalue weighted by molar-refractivity contribution is 14.0. The third-order valence-electron chi connectivity index (χ3n) is 5.07. The van der Waals surface area contributed by atoms with Crippen LogP contribution < -0.4 is 10.6 Å². The number of likely N-dealkylation sites (N-methyl/N-ethyl adjacent to an activating group) is 1. The summed E-state index contributed by atoms with van der Waals surface area (Å²) in [5, 5.41) is 6.62. The van der Waals surface area contributed by atoms with Gasteiger partial charge in [-0.1, -0.05) is 36.8 Å². The number of amides is 1. The van der Waals surface area contributed by atoms with Gasteiger partial charge in [0.15, 0.2) is 5.96 Å². The van der Waals surface area contributed by atoms with Crippen molar-refractivity contribution in [2.24, 2.45) is 4.99 Å². The zero-order valence-corrected chi connectivity index (χ0v) is 20.0. The van der Waals surface area contributed by atoms with E-state index in [0.717, 1.165) is 25.2 Å². The first-order valence-corrected chi connectivity index (χ1v) is 9.90. The fraction of sp³-hybridized carbons (Fsp3) is 0.619. The summed E-state index contributed by atoms with van der Waals surface area (Å²) in [7, 11) is 3.52. The number of likely N-dealkylation sites (tertiary alicyclic amines) is 1. The summed E-state index contributed by atoms with van der Waals surface area (Å²) in [5.41, 5.74) is 1.19. The standard InChI is InChI=1S/C21H35N5O.HI/c1-21(2,26-13-9-6-10-14-26)17-24-20(23-16-19(27)25(3)4)22-15-18-11-7-5-8-12-18;/h5,7-8,11-12H,6,9-10,13-17H2,1-4H3,(H2,22,23,24);1H. The van der Waals surface area contributed by atoms with Gasteiger partial charge in [0, 0.05) is 26.2 Å². The fourth-order valence-electron chi connectivity index (χ4n) is 3.16. The number of carbonyl (C=O) groups excluding carboxylic acids is 1. The van der Waals surface area contributed by atoms with Gasteiger partial charge in [0.05, 0.1) is 13.1 Å². The van der Waals surface area contributed by atoms with Gasteiger partial charge in [-0.3, -0.25) is 9.69 Å². The number of nitrogens with zero attached hydrogens (tertiary/aromatic N) is 3. The summed E-state index contributed by atoms with van der Waals surface area (Å²) in [4.78, 5) is 20.7. The van der Waals surface area contributed by atoms with Gasteiger partial charge in [0.25, 0.3) is 0 Å². The average molecular weight is 501 g/mol. The summed E-state index contributed by atoms with van der Waals surface area (Å²) in [6.45, 7) is 8.43. The number of hydrogen-bond donors (Lipinski definition) is 2. The molecular weight excluding hydrogens is 465 g/mol. The molecule has 1 amide bonds. The van der Waals surface area contributed by atoms with E-state index in [4.69, 9.17) is 0 Å². The highest BCUT2D eigenvalue weighted by atomic mass is 127. The molecule has 6 nitrogen and oxygen atoms in total. The molecule has 0 radical (unpaired) electrons. The van der Waals surface area contributed by atoms with Gasteiger partial charge in [-0.25, -0.2) is 4.99 Å². The van der Waals surface area contributed by atoms with Crippen molar-refractivity contribution in [3.63, 3.8) is 0 Å². The van der Waals surface area contributed by atoms with Gasteiger partial charge < -0.3 is 15.5 Å². The molecule has 1 saturated heterocycles. The third-order valence-corrected chi connectivity index (χ3v) is 5.07. The lowest BCUT2D eigenvalue weighted by atomic mass is 9.98. The van der Waals surface area contributed by atoms with E-state index < -0.39 is 0 Å². The van der Waals surface area contributed by atoms with Gasteiger partial charge in [0.2, 0.25) is 5.91 Å². The molecule has 0 aromatic heterocycles. The Kier molecular flexibility index (Phi) is 10.8. The number of aliphatic imine (C=N–C) groups is 1. The monoisotopic (exact) mass is 501 g/mol. The quantitative estimate of drug-likeness (QED) is 0.343. The molecule has 0 saturated carbocycles. The number of carbonyl (C=O) groups is 1. The average Bonchev–Trinajstić information content (AvgIpc) is 2.68. The van der Waals surface area contributed by atoms with Gasteiger partial charge in [-0.05, 0) is 45.3 Å². The second-order valence-corrected chi connectivity index (χ2v) is 8.01. The topological polar surface area (TPSA) is 60.0 Å². The van der Waals surface area contributed by atoms with Gasteiger partial charge >= 0.3 is 0 Å². The lowest BCUT2D eigenvalue weighted by molar-refractivity contribution is -0.127. The predicted molar refractivity (Wildman–Crippen MR) is 127 cm³/mol. The van der Waals surface area contributed by atoms with Crippen LogP contribution in [0.15, 0.2) is 35.3 Å². The lowest BCUT2D eigenvalue weighted by Crippen LogP contribution is -2.55. The molecule has 1 heterocycles. The first kappa shape index (κ1) is 24.7. The highest BCUT2D eigenvalue weighted by Gasteiger charge is 2.28. The Balaban J connectivity index is 0.00000392. The molecule has 2 N–H and O–H groups in total. The number of benzene rings is 1. The SMILES string of the molecule is CN(C)C(=O)CNC(=NCc1ccccc1)NCC(C)(C)N1CCCCC1.I. The molecule has 7 heteroatoms. The number of piperidine rings is 1. The molecule has 2 rings (SSSR count). The van der Waals surface area contributed by atoms with Crippen LogP contribution in [0.1, 0.15) is 38.7 Å². The minimum Gasteiger partial charge on any atom is -0.355 e. The lowest BCUT2D eigenvalue weighted by Gasteiger charge is -2.41. The Hall–Kier alpha value is -1.35. The summed E-state index contributed by atoms with van der Waals surface area (Å²) < 4.78 is 0. The predicted octanol–water partition coefficient (Wildman–Crippen LogP) is 2.69. The molecule has 1 aliphatic rings. The van der Waals surface area contributed by atoms with Gasteiger partial charge in [-0.2, -0.15) is 0 Å². The van der Waals surface area contributed by atoms with Crippen molar-refractivity contribution in [3.05, 3.63) is 35.9 Å². The molecule has 1 aromatic rings. The van der Waals surface area contributed by atoms with Crippen LogP contribution >= 0.6 is 24.0 Å². The maximum atomic E-state index is 11.9. The Morgan fingerprint density at radius 3 is 2.36 bits per heavy atom. The number of guanidine groups is 1. The van der Waals surface area contributed by atoms with Crippen molar-refractivity contribution in [3.8, 4) is 0 Å². The minimum absolute atomic E-state index is 0. The van der Waals surface area contributed by atoms with Crippen LogP contribution in [-0.4, -0.2) is 67.5 Å². The molecular formula is C21H36IN5O. The van der Waals surface area contributed by atoms with Crippen LogP contribution in [0, 0.1) is 0 Å². The van der Waals surface area contributed by atoms with Crippen LogP contribution in [0.2, 0.25) is 0 Å². The third kappa shape index (κ3) is 8.34. The Morgan fingerprint density at radius 1 is 1.11 bits per heavy atom. The van der Waals surface area contributed by atoms with E-state index in [0.29, 0.717) is 12.5 Å². The van der Waals surface area contributed by atoms with E-state index in [1.54, 1.807) is 19.0 Å². The van der Waals surface area contributed by atoms with Crippen LogP contribution in [-0.2, 0) is 11.3 Å². The van der Waals surface area contributed by atoms with Crippen LogP contribution in [0.4, 0.5) is 0 Å². The molecule has 158 valence electrons. The van der Waals surface area contributed by atoms with Crippen molar-refractivity contribution in [1.82, 2.24) is 20.4 Å². The summed E-state index contributed by atoms with van der Waals surface area (Å²) >= 11 is 0. The van der Waals surface area contributed by atoms with Crippen molar-refractivity contribution >= 4 is 35.8 Å². The Labute approximate surface area is 187 Å². The maximum Gasteiger partial charge on any atom is 0.241 e. The molecule has 1 fully saturated rings. The highest BCUT2D eigenvalue weighted by Crippen LogP contribution is 2.19. The number of nitrogens with one attached hydrogen (secondary N) is 2. The Bertz CT molecular complexity index is 612. The van der Waals surface area contributed by atoms with Crippen LogP contribution in [0.5, 0.6) is 0 Å². The normalized spacial score (nSPS) is 15.5. The Morgan fingerprint density at radius 2 is 1.75 bits per heavy atom. The molecule has 0 spiro atoms. The van der Waals surface area contributed by atoms with Crippen molar-refractivity contribution in [2.45, 2.75) is 45.2 Å². The molecule has 1 aliphatic heterocycles. The molecule has 0 aliphatic carbocycles. The summed E-state index contributed by atoms with van der Waals surface area (Å²) in [5.74, 6) is 0.707. The van der Waals surface area contributed by atoms with E-state index in [1.165, 1.54) is 19.3 Å². The number of hydrogen-bond acceptors (Lipinski definition) is 3. The first-order chi connectivity index (χ1) is 12.9. The smallest absolute Gasteiger partial charge is 0.241 e. The van der Waals surface area contributed by atoms with Crippen LogP contribution in [0.3, 0.4) is 0 Å². The van der Waals surface area contributed by atoms with E-state index in [2.05, 4.69) is 46.5 Å². The van der Waals surface area contributed by atoms with Crippen LogP contribution in [0.25, 0.3) is 0 Å². The van der Waals surface area contributed by atoms with E-state index in [1.807, 2.05) is 18.2 Å². The van der Waals surface area contributed by atoms with Crippen molar-refractivity contribution < 1.29 is 4.79 Å². The summed E-state index contributed by atoms with van der Waals surface area (Å²) in [6, 6.07) is 10.1. The van der Waals surface area contributed by atoms with Crippen molar-refractivity contribution in [1.29, 1.82) is 0 Å². The molecule has 1 aromatic carbocycles. The maximum absolute atomic E-state index is 11.9. The number of halogens is 1. The van der Waals surface area contributed by atoms with Gasteiger partial charge in [0.1, 0.15) is 0 Å². The van der Waals surface area contributed by atoms with Gasteiger partial charge in [-0.15, -0.1) is 24.0 Å². The van der Waals surface area contributed by atoms with E-state index >= 15 is 0 Å². The molecule has 0 unspecified atom stereocenters. The molecule has 0 atom stereocenters. The largest absolute Gasteiger partial charge is 0.355 e. The second-order valence-electron chi connectivity index (χ2n) is 8.01. The number of rotatable bonds is 7. The molecule has 0 bridgehead atoms. The van der Waals surface area contributed by atoms with E-state index in [-0.39, 0.29) is 42.0 Å². The second kappa shape index (κ2) is 12.3.